The van der Waals surface area contributed by atoms with Gasteiger partial charge in [-0.05, 0) is 12.8 Å². The van der Waals surface area contributed by atoms with Crippen molar-refractivity contribution in [3.63, 3.8) is 0 Å². The van der Waals surface area contributed by atoms with Crippen molar-refractivity contribution in [2.75, 3.05) is 0 Å². The van der Waals surface area contributed by atoms with Crippen LogP contribution in [0.1, 0.15) is 31.4 Å². The number of aliphatic imine (C=N–C) groups is 1. The average Bonchev–Trinajstić information content (AvgIpc) is 2.47. The van der Waals surface area contributed by atoms with Crippen molar-refractivity contribution in [1.29, 1.82) is 0 Å². The van der Waals surface area contributed by atoms with Crippen molar-refractivity contribution < 1.29 is 4.42 Å². The second-order valence-corrected chi connectivity index (χ2v) is 2.95. The van der Waals surface area contributed by atoms with Crippen LogP contribution in [-0.2, 0) is 12.8 Å². The Hall–Kier alpha value is -1.12. The molecule has 0 radical (unpaired) electrons. The van der Waals surface area contributed by atoms with Crippen LogP contribution in [0.5, 0.6) is 0 Å². The highest BCUT2D eigenvalue weighted by Crippen LogP contribution is 2.24. The SMILES string of the molecule is CCCc1nc2c(o1)CCC=N2. The van der Waals surface area contributed by atoms with Crippen molar-refractivity contribution in [1.82, 2.24) is 4.98 Å². The lowest BCUT2D eigenvalue weighted by atomic mass is 10.2. The molecule has 0 saturated carbocycles. The van der Waals surface area contributed by atoms with Gasteiger partial charge >= 0.3 is 0 Å². The minimum atomic E-state index is 0.796. The maximum Gasteiger partial charge on any atom is 0.196 e. The summed E-state index contributed by atoms with van der Waals surface area (Å²) < 4.78 is 5.52. The molecule has 3 heteroatoms. The van der Waals surface area contributed by atoms with Crippen LogP contribution < -0.4 is 0 Å². The number of fused-ring (bicyclic) bond motifs is 1. The lowest BCUT2D eigenvalue weighted by Crippen LogP contribution is -1.89. The monoisotopic (exact) mass is 164 g/mol. The highest BCUT2D eigenvalue weighted by Gasteiger charge is 2.13. The topological polar surface area (TPSA) is 38.4 Å². The van der Waals surface area contributed by atoms with Crippen LogP contribution in [0.25, 0.3) is 0 Å². The van der Waals surface area contributed by atoms with Gasteiger partial charge in [0.25, 0.3) is 0 Å². The van der Waals surface area contributed by atoms with E-state index in [1.807, 2.05) is 6.21 Å². The summed E-state index contributed by atoms with van der Waals surface area (Å²) >= 11 is 0. The molecule has 2 heterocycles. The maximum atomic E-state index is 5.52. The molecule has 0 amide bonds. The van der Waals surface area contributed by atoms with Crippen LogP contribution in [0.2, 0.25) is 0 Å². The Morgan fingerprint density at radius 1 is 1.58 bits per heavy atom. The Balaban J connectivity index is 2.27. The Morgan fingerprint density at radius 2 is 2.50 bits per heavy atom. The van der Waals surface area contributed by atoms with E-state index in [1.165, 1.54) is 0 Å². The molecule has 0 N–H and O–H groups in total. The number of hydrogen-bond donors (Lipinski definition) is 0. The van der Waals surface area contributed by atoms with E-state index in [2.05, 4.69) is 16.9 Å². The second kappa shape index (κ2) is 3.09. The second-order valence-electron chi connectivity index (χ2n) is 2.95. The number of aromatic nitrogens is 1. The normalized spacial score (nSPS) is 14.8. The molecule has 0 aromatic carbocycles. The molecule has 0 aliphatic carbocycles. The predicted molar refractivity (Wildman–Crippen MR) is 47.0 cm³/mol. The molecule has 0 spiro atoms. The van der Waals surface area contributed by atoms with Crippen molar-refractivity contribution >= 4 is 12.0 Å². The molecule has 1 aliphatic heterocycles. The minimum Gasteiger partial charge on any atom is -0.443 e. The molecule has 64 valence electrons. The third-order valence-electron chi connectivity index (χ3n) is 1.90. The first-order valence-electron chi connectivity index (χ1n) is 4.41. The van der Waals surface area contributed by atoms with Crippen molar-refractivity contribution in [3.8, 4) is 0 Å². The summed E-state index contributed by atoms with van der Waals surface area (Å²) in [5.41, 5.74) is 0. The summed E-state index contributed by atoms with van der Waals surface area (Å²) in [6.45, 7) is 2.12. The van der Waals surface area contributed by atoms with Gasteiger partial charge in [0.15, 0.2) is 17.5 Å². The van der Waals surface area contributed by atoms with Crippen LogP contribution in [0.3, 0.4) is 0 Å². The van der Waals surface area contributed by atoms with Crippen LogP contribution in [0, 0.1) is 0 Å². The number of aryl methyl sites for hydroxylation is 2. The quantitative estimate of drug-likeness (QED) is 0.672. The zero-order chi connectivity index (χ0) is 8.39. The van der Waals surface area contributed by atoms with Gasteiger partial charge in [0.1, 0.15) is 0 Å². The largest absolute Gasteiger partial charge is 0.443 e. The fourth-order valence-electron chi connectivity index (χ4n) is 1.32. The van der Waals surface area contributed by atoms with Crippen molar-refractivity contribution in [2.45, 2.75) is 32.6 Å². The van der Waals surface area contributed by atoms with Gasteiger partial charge in [0.05, 0.1) is 0 Å². The number of oxazole rings is 1. The Labute approximate surface area is 71.5 Å². The smallest absolute Gasteiger partial charge is 0.196 e. The lowest BCUT2D eigenvalue weighted by molar-refractivity contribution is 0.453. The average molecular weight is 164 g/mol. The third-order valence-corrected chi connectivity index (χ3v) is 1.90. The van der Waals surface area contributed by atoms with Crippen LogP contribution in [-0.4, -0.2) is 11.2 Å². The standard InChI is InChI=1S/C9H12N2O/c1-2-4-8-11-9-7(12-8)5-3-6-10-9/h6H,2-5H2,1H3. The number of rotatable bonds is 2. The molecule has 12 heavy (non-hydrogen) atoms. The molecule has 1 aliphatic rings. The summed E-state index contributed by atoms with van der Waals surface area (Å²) in [6.07, 6.45) is 5.83. The Kier molecular flexibility index (Phi) is 1.94. The Bertz CT molecular complexity index is 301. The zero-order valence-electron chi connectivity index (χ0n) is 7.21. The molecule has 3 nitrogen and oxygen atoms in total. The van der Waals surface area contributed by atoms with E-state index in [9.17, 15) is 0 Å². The van der Waals surface area contributed by atoms with Gasteiger partial charge in [-0.25, -0.2) is 4.99 Å². The van der Waals surface area contributed by atoms with Crippen LogP contribution in [0.4, 0.5) is 5.82 Å². The van der Waals surface area contributed by atoms with E-state index in [0.717, 1.165) is 43.2 Å². The molecule has 1 aromatic rings. The first-order valence-corrected chi connectivity index (χ1v) is 4.41. The van der Waals surface area contributed by atoms with Crippen LogP contribution >= 0.6 is 0 Å². The third kappa shape index (κ3) is 1.26. The van der Waals surface area contributed by atoms with E-state index in [0.29, 0.717) is 0 Å². The minimum absolute atomic E-state index is 0.796. The molecular formula is C9H12N2O. The molecule has 0 unspecified atom stereocenters. The molecule has 2 rings (SSSR count). The molecule has 0 atom stereocenters. The first kappa shape index (κ1) is 7.53. The van der Waals surface area contributed by atoms with E-state index in [1.54, 1.807) is 0 Å². The Morgan fingerprint density at radius 3 is 3.25 bits per heavy atom. The zero-order valence-corrected chi connectivity index (χ0v) is 7.21. The molecule has 0 saturated heterocycles. The van der Waals surface area contributed by atoms with Crippen LogP contribution in [0.15, 0.2) is 9.41 Å². The fraction of sp³-hybridized carbons (Fsp3) is 0.556. The summed E-state index contributed by atoms with van der Waals surface area (Å²) in [4.78, 5) is 8.44. The van der Waals surface area contributed by atoms with E-state index < -0.39 is 0 Å². The van der Waals surface area contributed by atoms with Gasteiger partial charge in [0.2, 0.25) is 0 Å². The first-order chi connectivity index (χ1) is 5.90. The van der Waals surface area contributed by atoms with E-state index >= 15 is 0 Å². The number of hydrogen-bond acceptors (Lipinski definition) is 3. The summed E-state index contributed by atoms with van der Waals surface area (Å²) in [6, 6.07) is 0. The van der Waals surface area contributed by atoms with Gasteiger partial charge in [0, 0.05) is 19.1 Å². The van der Waals surface area contributed by atoms with Gasteiger partial charge in [-0.3, -0.25) is 0 Å². The summed E-state index contributed by atoms with van der Waals surface area (Å²) in [5, 5.41) is 0. The highest BCUT2D eigenvalue weighted by molar-refractivity contribution is 5.65. The van der Waals surface area contributed by atoms with E-state index in [4.69, 9.17) is 4.42 Å². The number of nitrogens with zero attached hydrogens (tertiary/aromatic N) is 2. The summed E-state index contributed by atoms with van der Waals surface area (Å²) in [5.74, 6) is 2.59. The molecule has 0 bridgehead atoms. The van der Waals surface area contributed by atoms with E-state index in [-0.39, 0.29) is 0 Å². The molecule has 1 aromatic heterocycles. The van der Waals surface area contributed by atoms with Crippen molar-refractivity contribution in [3.05, 3.63) is 11.7 Å². The van der Waals surface area contributed by atoms with Crippen molar-refractivity contribution in [2.24, 2.45) is 4.99 Å². The molecular weight excluding hydrogens is 152 g/mol. The maximum absolute atomic E-state index is 5.52. The highest BCUT2D eigenvalue weighted by atomic mass is 16.4. The van der Waals surface area contributed by atoms with Gasteiger partial charge < -0.3 is 4.42 Å². The fourth-order valence-corrected chi connectivity index (χ4v) is 1.32. The molecule has 0 fully saturated rings. The van der Waals surface area contributed by atoms with Gasteiger partial charge in [-0.2, -0.15) is 4.98 Å². The lowest BCUT2D eigenvalue weighted by Gasteiger charge is -1.97. The summed E-state index contributed by atoms with van der Waals surface area (Å²) in [7, 11) is 0. The van der Waals surface area contributed by atoms with Gasteiger partial charge in [-0.15, -0.1) is 0 Å². The predicted octanol–water partition coefficient (Wildman–Crippen LogP) is 2.28. The van der Waals surface area contributed by atoms with Gasteiger partial charge in [-0.1, -0.05) is 6.92 Å².